The number of nitrogens with one attached hydrogen (secondary N) is 1. The predicted octanol–water partition coefficient (Wildman–Crippen LogP) is 2.07. The summed E-state index contributed by atoms with van der Waals surface area (Å²) < 4.78 is 6.17. The van der Waals surface area contributed by atoms with Crippen molar-refractivity contribution in [2.45, 2.75) is 72.5 Å². The van der Waals surface area contributed by atoms with Gasteiger partial charge in [0, 0.05) is 24.3 Å². The van der Waals surface area contributed by atoms with Gasteiger partial charge in [-0.3, -0.25) is 14.4 Å². The van der Waals surface area contributed by atoms with Crippen LogP contribution in [0.1, 0.15) is 57.1 Å². The highest BCUT2D eigenvalue weighted by Crippen LogP contribution is 2.21. The van der Waals surface area contributed by atoms with Crippen LogP contribution in [0, 0.1) is 19.8 Å². The first-order chi connectivity index (χ1) is 13.2. The Labute approximate surface area is 166 Å². The summed E-state index contributed by atoms with van der Waals surface area (Å²) in [7, 11) is 0. The monoisotopic (exact) mass is 395 g/mol. The highest BCUT2D eigenvalue weighted by Gasteiger charge is 2.32. The number of aromatic amines is 1. The minimum atomic E-state index is -0.250. The molecule has 2 N–H and O–H groups in total. The Balaban J connectivity index is 0.00000122. The van der Waals surface area contributed by atoms with Crippen LogP contribution in [0.2, 0.25) is 0 Å². The van der Waals surface area contributed by atoms with Gasteiger partial charge in [-0.2, -0.15) is 0 Å². The first-order valence-corrected chi connectivity index (χ1v) is 9.80. The van der Waals surface area contributed by atoms with Crippen LogP contribution in [0.15, 0.2) is 4.79 Å². The molecule has 2 heterocycles. The van der Waals surface area contributed by atoms with Gasteiger partial charge in [-0.05, 0) is 26.2 Å². The van der Waals surface area contributed by atoms with Crippen LogP contribution in [0.25, 0.3) is 0 Å². The number of hydrogen-bond acceptors (Lipinski definition) is 5. The third-order valence-electron chi connectivity index (χ3n) is 4.84. The maximum Gasteiger partial charge on any atom is 0.290 e. The van der Waals surface area contributed by atoms with E-state index >= 15 is 0 Å². The van der Waals surface area contributed by atoms with Crippen molar-refractivity contribution in [3.63, 3.8) is 0 Å². The lowest BCUT2D eigenvalue weighted by atomic mass is 10.0. The van der Waals surface area contributed by atoms with E-state index in [4.69, 9.17) is 14.6 Å². The SMILES string of the molecule is CCCC[C@@H]1CN(C(=O)Cc2c(C)nc(C)[nH]c2=O)C[C@H](C(C)C)O1.O=CO. The second-order valence-corrected chi connectivity index (χ2v) is 7.48. The van der Waals surface area contributed by atoms with Gasteiger partial charge in [0.1, 0.15) is 5.82 Å². The molecule has 0 aliphatic carbocycles. The zero-order valence-electron chi connectivity index (χ0n) is 17.5. The standard InChI is InChI=1S/C19H31N3O3.CH2O2/c1-6-7-8-15-10-22(11-17(25-15)12(2)3)18(23)9-16-13(4)20-14(5)21-19(16)24;2-1-3/h12,15,17H,6-11H2,1-5H3,(H,20,21,24);1H,(H,2,3)/t15-,17-;/m1./s1. The average Bonchev–Trinajstić information content (AvgIpc) is 2.63. The largest absolute Gasteiger partial charge is 0.483 e. The van der Waals surface area contributed by atoms with Crippen molar-refractivity contribution in [3.8, 4) is 0 Å². The molecule has 158 valence electrons. The summed E-state index contributed by atoms with van der Waals surface area (Å²) in [5.74, 6) is 0.908. The number of aryl methyl sites for hydroxylation is 2. The van der Waals surface area contributed by atoms with Gasteiger partial charge in [-0.15, -0.1) is 0 Å². The number of amides is 1. The molecule has 1 aliphatic rings. The molecular formula is C20H33N3O5. The van der Waals surface area contributed by atoms with Crippen molar-refractivity contribution >= 4 is 12.4 Å². The number of unbranched alkanes of at least 4 members (excludes halogenated alkanes) is 1. The number of rotatable bonds is 6. The Kier molecular flexibility index (Phi) is 9.85. The molecule has 0 saturated carbocycles. The molecule has 2 atom stereocenters. The van der Waals surface area contributed by atoms with Crippen LogP contribution in [-0.4, -0.2) is 57.7 Å². The van der Waals surface area contributed by atoms with Crippen LogP contribution in [0.4, 0.5) is 0 Å². The fraction of sp³-hybridized carbons (Fsp3) is 0.700. The van der Waals surface area contributed by atoms with Crippen molar-refractivity contribution in [2.75, 3.05) is 13.1 Å². The number of nitrogens with zero attached hydrogens (tertiary/aromatic N) is 2. The third kappa shape index (κ3) is 7.07. The fourth-order valence-corrected chi connectivity index (χ4v) is 3.26. The molecular weight excluding hydrogens is 362 g/mol. The molecule has 1 fully saturated rings. The molecule has 1 saturated heterocycles. The number of aromatic nitrogens is 2. The zero-order valence-corrected chi connectivity index (χ0v) is 17.5. The van der Waals surface area contributed by atoms with E-state index in [1.807, 2.05) is 4.90 Å². The number of carbonyl (C=O) groups excluding carboxylic acids is 1. The number of morpholine rings is 1. The van der Waals surface area contributed by atoms with Gasteiger partial charge in [0.05, 0.1) is 18.6 Å². The normalized spacial score (nSPS) is 19.1. The van der Waals surface area contributed by atoms with Crippen molar-refractivity contribution < 1.29 is 19.4 Å². The van der Waals surface area contributed by atoms with E-state index in [9.17, 15) is 9.59 Å². The number of H-pyrrole nitrogens is 1. The maximum atomic E-state index is 12.8. The van der Waals surface area contributed by atoms with E-state index in [2.05, 4.69) is 30.7 Å². The van der Waals surface area contributed by atoms with E-state index < -0.39 is 0 Å². The fourth-order valence-electron chi connectivity index (χ4n) is 3.26. The van der Waals surface area contributed by atoms with Crippen molar-refractivity contribution in [1.82, 2.24) is 14.9 Å². The van der Waals surface area contributed by atoms with Crippen molar-refractivity contribution in [1.29, 1.82) is 0 Å². The Morgan fingerprint density at radius 2 is 2.04 bits per heavy atom. The van der Waals surface area contributed by atoms with Gasteiger partial charge >= 0.3 is 0 Å². The van der Waals surface area contributed by atoms with Crippen LogP contribution < -0.4 is 5.56 Å². The first kappa shape index (κ1) is 23.8. The minimum absolute atomic E-state index is 0.0188. The second kappa shape index (κ2) is 11.6. The van der Waals surface area contributed by atoms with E-state index in [1.165, 1.54) is 0 Å². The molecule has 1 aromatic heterocycles. The lowest BCUT2D eigenvalue weighted by Gasteiger charge is -2.40. The van der Waals surface area contributed by atoms with Gasteiger partial charge in [0.2, 0.25) is 5.91 Å². The van der Waals surface area contributed by atoms with Crippen LogP contribution in [0.5, 0.6) is 0 Å². The summed E-state index contributed by atoms with van der Waals surface area (Å²) in [4.78, 5) is 42.2. The molecule has 0 unspecified atom stereocenters. The topological polar surface area (TPSA) is 113 Å². The summed E-state index contributed by atoms with van der Waals surface area (Å²) in [5.41, 5.74) is 0.883. The van der Waals surface area contributed by atoms with E-state index in [0.717, 1.165) is 19.3 Å². The van der Waals surface area contributed by atoms with Gasteiger partial charge in [0.15, 0.2) is 0 Å². The molecule has 28 heavy (non-hydrogen) atoms. The summed E-state index contributed by atoms with van der Waals surface area (Å²) >= 11 is 0. The molecule has 8 heteroatoms. The van der Waals surface area contributed by atoms with Crippen molar-refractivity contribution in [2.24, 2.45) is 5.92 Å². The number of carbonyl (C=O) groups is 2. The minimum Gasteiger partial charge on any atom is -0.483 e. The van der Waals surface area contributed by atoms with Crippen molar-refractivity contribution in [3.05, 3.63) is 27.4 Å². The molecule has 1 aromatic rings. The molecule has 1 aliphatic heterocycles. The quantitative estimate of drug-likeness (QED) is 0.713. The summed E-state index contributed by atoms with van der Waals surface area (Å²) in [5, 5.41) is 6.89. The lowest BCUT2D eigenvalue weighted by molar-refractivity contribution is -0.149. The predicted molar refractivity (Wildman–Crippen MR) is 106 cm³/mol. The van der Waals surface area contributed by atoms with E-state index in [0.29, 0.717) is 36.1 Å². The lowest BCUT2D eigenvalue weighted by Crippen LogP contribution is -2.52. The molecule has 0 spiro atoms. The molecule has 8 nitrogen and oxygen atoms in total. The average molecular weight is 396 g/mol. The molecule has 2 rings (SSSR count). The second-order valence-electron chi connectivity index (χ2n) is 7.48. The maximum absolute atomic E-state index is 12.8. The smallest absolute Gasteiger partial charge is 0.290 e. The van der Waals surface area contributed by atoms with Gasteiger partial charge < -0.3 is 19.7 Å². The number of carboxylic acid groups (broad SMARTS) is 1. The summed E-state index contributed by atoms with van der Waals surface area (Å²) in [6.07, 6.45) is 3.41. The number of hydrogen-bond donors (Lipinski definition) is 2. The summed E-state index contributed by atoms with van der Waals surface area (Å²) in [6.45, 7) is 10.9. The van der Waals surface area contributed by atoms with Crippen LogP contribution in [-0.2, 0) is 20.7 Å². The molecule has 1 amide bonds. The first-order valence-electron chi connectivity index (χ1n) is 9.80. The van der Waals surface area contributed by atoms with E-state index in [-0.39, 0.29) is 36.6 Å². The van der Waals surface area contributed by atoms with E-state index in [1.54, 1.807) is 13.8 Å². The number of ether oxygens (including phenoxy) is 1. The van der Waals surface area contributed by atoms with Gasteiger partial charge in [-0.1, -0.05) is 33.6 Å². The molecule has 0 aromatic carbocycles. The highest BCUT2D eigenvalue weighted by molar-refractivity contribution is 5.79. The summed E-state index contributed by atoms with van der Waals surface area (Å²) in [6, 6.07) is 0. The molecule has 0 bridgehead atoms. The highest BCUT2D eigenvalue weighted by atomic mass is 16.5. The third-order valence-corrected chi connectivity index (χ3v) is 4.84. The Bertz CT molecular complexity index is 702. The van der Waals surface area contributed by atoms with Gasteiger partial charge in [0.25, 0.3) is 12.0 Å². The van der Waals surface area contributed by atoms with Crippen LogP contribution in [0.3, 0.4) is 0 Å². The van der Waals surface area contributed by atoms with Crippen LogP contribution >= 0.6 is 0 Å². The molecule has 0 radical (unpaired) electrons. The Morgan fingerprint density at radius 1 is 1.39 bits per heavy atom. The Morgan fingerprint density at radius 3 is 2.57 bits per heavy atom. The Hall–Kier alpha value is -2.22. The van der Waals surface area contributed by atoms with Gasteiger partial charge in [-0.25, -0.2) is 4.98 Å². The zero-order chi connectivity index (χ0) is 21.3.